The Kier molecular flexibility index (Phi) is 11.1. The van der Waals surface area contributed by atoms with Gasteiger partial charge in [0, 0.05) is 13.1 Å². The van der Waals surface area contributed by atoms with Crippen molar-refractivity contribution < 1.29 is 29.3 Å². The van der Waals surface area contributed by atoms with Crippen LogP contribution in [-0.4, -0.2) is 66.5 Å². The fraction of sp³-hybridized carbons (Fsp3) is 0.600. The van der Waals surface area contributed by atoms with Gasteiger partial charge in [0.15, 0.2) is 0 Å². The van der Waals surface area contributed by atoms with Crippen molar-refractivity contribution in [1.29, 1.82) is 0 Å². The molecule has 2 N–H and O–H groups in total. The summed E-state index contributed by atoms with van der Waals surface area (Å²) in [4.78, 5) is 20.7. The summed E-state index contributed by atoms with van der Waals surface area (Å²) in [6.07, 6.45) is 5.00. The van der Waals surface area contributed by atoms with E-state index in [0.717, 1.165) is 45.1 Å². The zero-order valence-corrected chi connectivity index (χ0v) is 16.3. The number of aliphatic carboxylic acids is 2. The van der Waals surface area contributed by atoms with Gasteiger partial charge in [0.05, 0.1) is 19.8 Å². The number of hydrogen-bond donors (Lipinski definition) is 2. The number of unbranched alkanes of at least 4 members (excludes halogenated alkanes) is 3. The molecule has 7 heteroatoms. The van der Waals surface area contributed by atoms with Crippen LogP contribution in [0.1, 0.15) is 36.8 Å². The molecule has 152 valence electrons. The molecule has 1 aromatic carbocycles. The first-order valence-electron chi connectivity index (χ1n) is 9.37. The maximum atomic E-state index is 9.10. The third-order valence-electron chi connectivity index (χ3n) is 4.31. The van der Waals surface area contributed by atoms with E-state index in [1.54, 1.807) is 0 Å². The smallest absolute Gasteiger partial charge is 0.414 e. The number of hydrogen-bond acceptors (Lipinski definition) is 5. The molecule has 0 atom stereocenters. The number of morpholine rings is 1. The Hall–Kier alpha value is -2.12. The lowest BCUT2D eigenvalue weighted by Gasteiger charge is -2.26. The second kappa shape index (κ2) is 13.1. The Bertz CT molecular complexity index is 552. The highest BCUT2D eigenvalue weighted by molar-refractivity contribution is 6.27. The molecule has 1 aromatic rings. The minimum absolute atomic E-state index is 0.837. The van der Waals surface area contributed by atoms with Gasteiger partial charge >= 0.3 is 11.9 Å². The van der Waals surface area contributed by atoms with E-state index in [0.29, 0.717) is 0 Å². The average molecular weight is 381 g/mol. The van der Waals surface area contributed by atoms with Crippen LogP contribution in [0.25, 0.3) is 0 Å². The first kappa shape index (κ1) is 22.9. The minimum Gasteiger partial charge on any atom is -0.493 e. The largest absolute Gasteiger partial charge is 0.493 e. The van der Waals surface area contributed by atoms with Crippen molar-refractivity contribution in [2.75, 3.05) is 39.5 Å². The van der Waals surface area contributed by atoms with Gasteiger partial charge in [-0.1, -0.05) is 31.0 Å². The molecule has 1 heterocycles. The molecule has 1 fully saturated rings. The summed E-state index contributed by atoms with van der Waals surface area (Å²) >= 11 is 0. The lowest BCUT2D eigenvalue weighted by atomic mass is 10.1. The van der Waals surface area contributed by atoms with Crippen molar-refractivity contribution in [2.45, 2.75) is 39.5 Å². The molecule has 0 aliphatic carbocycles. The fourth-order valence-corrected chi connectivity index (χ4v) is 2.82. The topological polar surface area (TPSA) is 96.3 Å². The molecule has 27 heavy (non-hydrogen) atoms. The van der Waals surface area contributed by atoms with Crippen LogP contribution in [0, 0.1) is 13.8 Å². The van der Waals surface area contributed by atoms with E-state index < -0.39 is 11.9 Å². The van der Waals surface area contributed by atoms with Crippen molar-refractivity contribution in [3.63, 3.8) is 0 Å². The Morgan fingerprint density at radius 2 is 1.56 bits per heavy atom. The molecule has 2 rings (SSSR count). The number of carboxylic acids is 2. The SMILES string of the molecule is Cc1cccc(C)c1OCCCCCCN1CCOCC1.O=C(O)C(=O)O. The van der Waals surface area contributed by atoms with Crippen LogP contribution in [0.15, 0.2) is 18.2 Å². The highest BCUT2D eigenvalue weighted by Crippen LogP contribution is 2.22. The summed E-state index contributed by atoms with van der Waals surface area (Å²) in [6.45, 7) is 10.3. The van der Waals surface area contributed by atoms with Gasteiger partial charge in [0.25, 0.3) is 0 Å². The molecule has 1 aliphatic heterocycles. The molecule has 0 amide bonds. The fourth-order valence-electron chi connectivity index (χ4n) is 2.82. The maximum absolute atomic E-state index is 9.10. The third-order valence-corrected chi connectivity index (χ3v) is 4.31. The van der Waals surface area contributed by atoms with Crippen LogP contribution < -0.4 is 4.74 Å². The molecule has 0 radical (unpaired) electrons. The normalized spacial score (nSPS) is 14.1. The second-order valence-electron chi connectivity index (χ2n) is 6.55. The predicted molar refractivity (Wildman–Crippen MR) is 102 cm³/mol. The first-order valence-corrected chi connectivity index (χ1v) is 9.37. The number of para-hydroxylation sites is 1. The molecule has 0 unspecified atom stereocenters. The number of carbonyl (C=O) groups is 2. The van der Waals surface area contributed by atoms with Gasteiger partial charge in [-0.05, 0) is 44.4 Å². The predicted octanol–water partition coefficient (Wildman–Crippen LogP) is 2.73. The molecular weight excluding hydrogens is 350 g/mol. The van der Waals surface area contributed by atoms with Gasteiger partial charge in [0.2, 0.25) is 0 Å². The van der Waals surface area contributed by atoms with Crippen LogP contribution in [0.5, 0.6) is 5.75 Å². The number of nitrogens with zero attached hydrogens (tertiary/aromatic N) is 1. The zero-order valence-electron chi connectivity index (χ0n) is 16.3. The number of rotatable bonds is 8. The van der Waals surface area contributed by atoms with E-state index >= 15 is 0 Å². The monoisotopic (exact) mass is 381 g/mol. The van der Waals surface area contributed by atoms with Crippen molar-refractivity contribution in [2.24, 2.45) is 0 Å². The molecule has 0 spiro atoms. The van der Waals surface area contributed by atoms with E-state index in [4.69, 9.17) is 29.3 Å². The van der Waals surface area contributed by atoms with E-state index in [2.05, 4.69) is 36.9 Å². The summed E-state index contributed by atoms with van der Waals surface area (Å²) in [6, 6.07) is 6.32. The van der Waals surface area contributed by atoms with Crippen LogP contribution in [-0.2, 0) is 14.3 Å². The lowest BCUT2D eigenvalue weighted by molar-refractivity contribution is -0.159. The van der Waals surface area contributed by atoms with Crippen molar-refractivity contribution >= 4 is 11.9 Å². The molecule has 0 bridgehead atoms. The summed E-state index contributed by atoms with van der Waals surface area (Å²) in [5.74, 6) is -2.57. The number of carboxylic acid groups (broad SMARTS) is 2. The Labute approximate surface area is 160 Å². The van der Waals surface area contributed by atoms with Crippen molar-refractivity contribution in [3.05, 3.63) is 29.3 Å². The van der Waals surface area contributed by atoms with Crippen LogP contribution in [0.4, 0.5) is 0 Å². The average Bonchev–Trinajstić information content (AvgIpc) is 2.64. The van der Waals surface area contributed by atoms with Gasteiger partial charge in [0.1, 0.15) is 5.75 Å². The number of benzene rings is 1. The van der Waals surface area contributed by atoms with E-state index in [1.165, 1.54) is 36.9 Å². The molecule has 1 saturated heterocycles. The summed E-state index contributed by atoms with van der Waals surface area (Å²) < 4.78 is 11.3. The van der Waals surface area contributed by atoms with Crippen molar-refractivity contribution in [1.82, 2.24) is 4.90 Å². The first-order chi connectivity index (χ1) is 12.9. The van der Waals surface area contributed by atoms with Crippen LogP contribution in [0.2, 0.25) is 0 Å². The minimum atomic E-state index is -1.82. The van der Waals surface area contributed by atoms with Gasteiger partial charge in [-0.15, -0.1) is 0 Å². The Morgan fingerprint density at radius 3 is 2.11 bits per heavy atom. The molecular formula is C20H31NO6. The van der Waals surface area contributed by atoms with E-state index in [1.807, 2.05) is 0 Å². The van der Waals surface area contributed by atoms with E-state index in [-0.39, 0.29) is 0 Å². The lowest BCUT2D eigenvalue weighted by Crippen LogP contribution is -2.36. The summed E-state index contributed by atoms with van der Waals surface area (Å²) in [7, 11) is 0. The van der Waals surface area contributed by atoms with Crippen LogP contribution in [0.3, 0.4) is 0 Å². The van der Waals surface area contributed by atoms with Gasteiger partial charge in [-0.2, -0.15) is 0 Å². The number of aryl methyl sites for hydroxylation is 2. The highest BCUT2D eigenvalue weighted by atomic mass is 16.5. The van der Waals surface area contributed by atoms with Gasteiger partial charge < -0.3 is 19.7 Å². The second-order valence-corrected chi connectivity index (χ2v) is 6.55. The number of ether oxygens (including phenoxy) is 2. The summed E-state index contributed by atoms with van der Waals surface area (Å²) in [5, 5.41) is 14.8. The van der Waals surface area contributed by atoms with Gasteiger partial charge in [-0.3, -0.25) is 4.90 Å². The molecule has 1 aliphatic rings. The van der Waals surface area contributed by atoms with Crippen molar-refractivity contribution in [3.8, 4) is 5.75 Å². The Morgan fingerprint density at radius 1 is 1.00 bits per heavy atom. The zero-order chi connectivity index (χ0) is 20.1. The molecule has 0 saturated carbocycles. The maximum Gasteiger partial charge on any atom is 0.414 e. The highest BCUT2D eigenvalue weighted by Gasteiger charge is 2.09. The molecule has 0 aromatic heterocycles. The standard InChI is InChI=1S/C18H29NO2.C2H2O4/c1-16-8-7-9-17(2)18(16)21-13-6-4-3-5-10-19-11-14-20-15-12-19;3-1(4)2(5)6/h7-9H,3-6,10-15H2,1-2H3;(H,3,4)(H,5,6). The molecule has 7 nitrogen and oxygen atoms in total. The van der Waals surface area contributed by atoms with Crippen LogP contribution >= 0.6 is 0 Å². The third kappa shape index (κ3) is 9.96. The quantitative estimate of drug-likeness (QED) is 0.528. The summed E-state index contributed by atoms with van der Waals surface area (Å²) in [5.41, 5.74) is 2.48. The van der Waals surface area contributed by atoms with E-state index in [9.17, 15) is 0 Å². The van der Waals surface area contributed by atoms with Gasteiger partial charge in [-0.25, -0.2) is 9.59 Å². The Balaban J connectivity index is 0.000000527.